The first kappa shape index (κ1) is 20.0. The molecule has 0 spiro atoms. The maximum atomic E-state index is 12.4. The number of rotatable bonds is 5. The average Bonchev–Trinajstić information content (AvgIpc) is 3.21. The van der Waals surface area contributed by atoms with E-state index >= 15 is 0 Å². The summed E-state index contributed by atoms with van der Waals surface area (Å²) in [5, 5.41) is 3.39. The summed E-state index contributed by atoms with van der Waals surface area (Å²) < 4.78 is 5.23. The molecule has 0 unspecified atom stereocenters. The van der Waals surface area contributed by atoms with Gasteiger partial charge in [-0.15, -0.1) is 0 Å². The summed E-state index contributed by atoms with van der Waals surface area (Å²) in [7, 11) is 0. The van der Waals surface area contributed by atoms with E-state index in [4.69, 9.17) is 9.41 Å². The first-order valence-electron chi connectivity index (χ1n) is 10.00. The fourth-order valence-electron chi connectivity index (χ4n) is 3.61. The number of amides is 1. The summed E-state index contributed by atoms with van der Waals surface area (Å²) in [6, 6.07) is 10.1. The van der Waals surface area contributed by atoms with E-state index in [9.17, 15) is 4.79 Å². The van der Waals surface area contributed by atoms with Crippen molar-refractivity contribution in [2.45, 2.75) is 27.2 Å². The second kappa shape index (κ2) is 9.44. The molecular formula is C22H30N4O2. The Morgan fingerprint density at radius 1 is 1.11 bits per heavy atom. The van der Waals surface area contributed by atoms with Crippen LogP contribution in [0.15, 0.2) is 46.0 Å². The molecule has 6 heteroatoms. The van der Waals surface area contributed by atoms with Crippen LogP contribution in [0.3, 0.4) is 0 Å². The molecule has 1 saturated heterocycles. The molecule has 0 atom stereocenters. The van der Waals surface area contributed by atoms with Crippen LogP contribution in [0.4, 0.5) is 0 Å². The molecule has 3 rings (SSSR count). The number of hydrogen-bond acceptors (Lipinski definition) is 3. The number of carbonyl (C=O) groups is 1. The van der Waals surface area contributed by atoms with Gasteiger partial charge in [-0.3, -0.25) is 9.79 Å². The third-order valence-electron chi connectivity index (χ3n) is 4.88. The van der Waals surface area contributed by atoms with E-state index in [1.807, 2.05) is 4.90 Å². The van der Waals surface area contributed by atoms with Crippen LogP contribution < -0.4 is 5.32 Å². The summed E-state index contributed by atoms with van der Waals surface area (Å²) in [6.45, 7) is 10.8. The minimum atomic E-state index is -0.0404. The number of aryl methyl sites for hydroxylation is 2. The minimum Gasteiger partial charge on any atom is -0.459 e. The van der Waals surface area contributed by atoms with E-state index in [1.165, 1.54) is 23.0 Å². The van der Waals surface area contributed by atoms with Crippen molar-refractivity contribution in [3.8, 4) is 0 Å². The van der Waals surface area contributed by atoms with E-state index < -0.39 is 0 Å². The third kappa shape index (κ3) is 5.15. The Morgan fingerprint density at radius 2 is 1.79 bits per heavy atom. The first-order valence-corrected chi connectivity index (χ1v) is 10.00. The van der Waals surface area contributed by atoms with E-state index in [1.54, 1.807) is 12.1 Å². The monoisotopic (exact) mass is 382 g/mol. The van der Waals surface area contributed by atoms with E-state index in [2.05, 4.69) is 49.2 Å². The predicted octanol–water partition coefficient (Wildman–Crippen LogP) is 2.86. The molecule has 1 N–H and O–H groups in total. The standard InChI is InChI=1S/C22H30N4O2/c1-4-23-22(24-8-7-19-15-17(2)14-18(3)16-19)26-11-9-25(10-12-26)21(27)20-6-5-13-28-20/h5-6,13-16H,4,7-12H2,1-3H3,(H,23,24). The van der Waals surface area contributed by atoms with Crippen molar-refractivity contribution >= 4 is 11.9 Å². The lowest BCUT2D eigenvalue weighted by molar-refractivity contribution is 0.0657. The Hall–Kier alpha value is -2.76. The smallest absolute Gasteiger partial charge is 0.289 e. The third-order valence-corrected chi connectivity index (χ3v) is 4.88. The van der Waals surface area contributed by atoms with Crippen molar-refractivity contribution in [3.05, 3.63) is 59.0 Å². The fourth-order valence-corrected chi connectivity index (χ4v) is 3.61. The van der Waals surface area contributed by atoms with Crippen LogP contribution in [0.2, 0.25) is 0 Å². The SMILES string of the molecule is CCNC(=NCCc1cc(C)cc(C)c1)N1CCN(C(=O)c2ccco2)CC1. The van der Waals surface area contributed by atoms with Crippen molar-refractivity contribution in [3.63, 3.8) is 0 Å². The molecule has 1 fully saturated rings. The maximum absolute atomic E-state index is 12.4. The Kier molecular flexibility index (Phi) is 6.74. The molecule has 28 heavy (non-hydrogen) atoms. The molecular weight excluding hydrogens is 352 g/mol. The van der Waals surface area contributed by atoms with Gasteiger partial charge in [0.15, 0.2) is 11.7 Å². The Bertz CT molecular complexity index is 786. The van der Waals surface area contributed by atoms with E-state index in [0.717, 1.165) is 38.6 Å². The Morgan fingerprint density at radius 3 is 2.39 bits per heavy atom. The summed E-state index contributed by atoms with van der Waals surface area (Å²) in [4.78, 5) is 21.3. The number of guanidine groups is 1. The highest BCUT2D eigenvalue weighted by molar-refractivity contribution is 5.91. The number of furan rings is 1. The molecule has 0 aliphatic carbocycles. The van der Waals surface area contributed by atoms with Gasteiger partial charge in [-0.1, -0.05) is 29.3 Å². The van der Waals surface area contributed by atoms with Crippen LogP contribution in [-0.2, 0) is 6.42 Å². The summed E-state index contributed by atoms with van der Waals surface area (Å²) in [5.41, 5.74) is 3.91. The fraction of sp³-hybridized carbons (Fsp3) is 0.455. The molecule has 2 heterocycles. The Labute approximate surface area is 167 Å². The van der Waals surface area contributed by atoms with E-state index in [-0.39, 0.29) is 5.91 Å². The van der Waals surface area contributed by atoms with Crippen molar-refractivity contribution in [1.82, 2.24) is 15.1 Å². The highest BCUT2D eigenvalue weighted by atomic mass is 16.3. The van der Waals surface area contributed by atoms with Crippen molar-refractivity contribution in [1.29, 1.82) is 0 Å². The van der Waals surface area contributed by atoms with Gasteiger partial charge in [0.1, 0.15) is 0 Å². The van der Waals surface area contributed by atoms with Crippen LogP contribution >= 0.6 is 0 Å². The van der Waals surface area contributed by atoms with Crippen LogP contribution in [0.1, 0.15) is 34.2 Å². The first-order chi connectivity index (χ1) is 13.6. The van der Waals surface area contributed by atoms with Gasteiger partial charge >= 0.3 is 0 Å². The highest BCUT2D eigenvalue weighted by Gasteiger charge is 2.25. The largest absolute Gasteiger partial charge is 0.459 e. The lowest BCUT2D eigenvalue weighted by atomic mass is 10.1. The number of carbonyl (C=O) groups excluding carboxylic acids is 1. The van der Waals surface area contributed by atoms with Crippen LogP contribution in [0, 0.1) is 13.8 Å². The van der Waals surface area contributed by atoms with Gasteiger partial charge in [0.2, 0.25) is 0 Å². The van der Waals surface area contributed by atoms with Crippen molar-refractivity contribution in [2.75, 3.05) is 39.3 Å². The number of nitrogens with one attached hydrogen (secondary N) is 1. The lowest BCUT2D eigenvalue weighted by Crippen LogP contribution is -2.53. The summed E-state index contributed by atoms with van der Waals surface area (Å²) >= 11 is 0. The number of nitrogens with zero attached hydrogens (tertiary/aromatic N) is 3. The molecule has 1 aromatic heterocycles. The number of hydrogen-bond donors (Lipinski definition) is 1. The van der Waals surface area contributed by atoms with Gasteiger partial charge in [0.25, 0.3) is 5.91 Å². The number of benzene rings is 1. The zero-order valence-corrected chi connectivity index (χ0v) is 17.1. The molecule has 0 saturated carbocycles. The molecule has 6 nitrogen and oxygen atoms in total. The lowest BCUT2D eigenvalue weighted by Gasteiger charge is -2.36. The van der Waals surface area contributed by atoms with Crippen molar-refractivity contribution in [2.24, 2.45) is 4.99 Å². The molecule has 0 bridgehead atoms. The molecule has 1 amide bonds. The zero-order chi connectivity index (χ0) is 19.9. The zero-order valence-electron chi connectivity index (χ0n) is 17.1. The molecule has 0 radical (unpaired) electrons. The van der Waals surface area contributed by atoms with Gasteiger partial charge in [0.05, 0.1) is 6.26 Å². The molecule has 150 valence electrons. The summed E-state index contributed by atoms with van der Waals surface area (Å²) in [6.07, 6.45) is 2.46. The highest BCUT2D eigenvalue weighted by Crippen LogP contribution is 2.11. The van der Waals surface area contributed by atoms with Crippen LogP contribution in [0.25, 0.3) is 0 Å². The summed E-state index contributed by atoms with van der Waals surface area (Å²) in [5.74, 6) is 1.29. The quantitative estimate of drug-likeness (QED) is 0.638. The van der Waals surface area contributed by atoms with Gasteiger partial charge in [-0.25, -0.2) is 0 Å². The molecule has 1 aliphatic heterocycles. The van der Waals surface area contributed by atoms with Crippen LogP contribution in [-0.4, -0.2) is 60.9 Å². The molecule has 2 aromatic rings. The average molecular weight is 383 g/mol. The van der Waals surface area contributed by atoms with Crippen LogP contribution in [0.5, 0.6) is 0 Å². The van der Waals surface area contributed by atoms with Crippen molar-refractivity contribution < 1.29 is 9.21 Å². The molecule has 1 aromatic carbocycles. The van der Waals surface area contributed by atoms with E-state index in [0.29, 0.717) is 18.8 Å². The maximum Gasteiger partial charge on any atom is 0.289 e. The predicted molar refractivity (Wildman–Crippen MR) is 112 cm³/mol. The number of piperazine rings is 1. The van der Waals surface area contributed by atoms with Gasteiger partial charge in [0, 0.05) is 39.3 Å². The Balaban J connectivity index is 1.56. The second-order valence-electron chi connectivity index (χ2n) is 7.24. The number of aliphatic imine (C=N–C) groups is 1. The second-order valence-corrected chi connectivity index (χ2v) is 7.24. The molecule has 1 aliphatic rings. The normalized spacial score (nSPS) is 15.0. The minimum absolute atomic E-state index is 0.0404. The van der Waals surface area contributed by atoms with Gasteiger partial charge in [-0.2, -0.15) is 0 Å². The van der Waals surface area contributed by atoms with Gasteiger partial charge < -0.3 is 19.5 Å². The topological polar surface area (TPSA) is 61.1 Å². The van der Waals surface area contributed by atoms with Gasteiger partial charge in [-0.05, 0) is 44.9 Å².